The van der Waals surface area contributed by atoms with Gasteiger partial charge in [-0.25, -0.2) is 0 Å². The molecule has 0 aliphatic carbocycles. The van der Waals surface area contributed by atoms with Crippen molar-refractivity contribution in [3.05, 3.63) is 33.4 Å². The molecule has 0 radical (unpaired) electrons. The van der Waals surface area contributed by atoms with Gasteiger partial charge in [0.2, 0.25) is 5.91 Å². The smallest absolute Gasteiger partial charge is 0.255 e. The van der Waals surface area contributed by atoms with Crippen LogP contribution in [0.25, 0.3) is 0 Å². The zero-order valence-corrected chi connectivity index (χ0v) is 13.9. The Balaban J connectivity index is 0.00000200. The van der Waals surface area contributed by atoms with Gasteiger partial charge in [-0.15, -0.1) is 12.4 Å². The van der Waals surface area contributed by atoms with Gasteiger partial charge in [0.05, 0.1) is 12.1 Å². The summed E-state index contributed by atoms with van der Waals surface area (Å²) in [6.45, 7) is 2.28. The maximum Gasteiger partial charge on any atom is 0.255 e. The minimum Gasteiger partial charge on any atom is -0.338 e. The lowest BCUT2D eigenvalue weighted by Gasteiger charge is -2.34. The summed E-state index contributed by atoms with van der Waals surface area (Å²) in [5.41, 5.74) is 6.06. The third-order valence-corrected chi connectivity index (χ3v) is 4.14. The van der Waals surface area contributed by atoms with Gasteiger partial charge in [0.15, 0.2) is 0 Å². The largest absolute Gasteiger partial charge is 0.338 e. The summed E-state index contributed by atoms with van der Waals surface area (Å²) in [4.78, 5) is 27.3. The minimum atomic E-state index is -0.0543. The molecule has 0 unspecified atom stereocenters. The van der Waals surface area contributed by atoms with Gasteiger partial charge in [-0.1, -0.05) is 12.1 Å². The number of hydrogen-bond donors (Lipinski definition) is 1. The molecule has 0 bridgehead atoms. The Labute approximate surface area is 138 Å². The highest BCUT2D eigenvalue weighted by atomic mass is 127. The molecule has 0 spiro atoms. The number of rotatable bonds is 2. The van der Waals surface area contributed by atoms with Gasteiger partial charge < -0.3 is 15.5 Å². The normalized spacial score (nSPS) is 14.7. The maximum atomic E-state index is 12.4. The Hall–Kier alpha value is -0.860. The van der Waals surface area contributed by atoms with Crippen molar-refractivity contribution in [2.75, 3.05) is 32.7 Å². The summed E-state index contributed by atoms with van der Waals surface area (Å²) < 4.78 is 0.950. The quantitative estimate of drug-likeness (QED) is 0.740. The average Bonchev–Trinajstić information content (AvgIpc) is 2.46. The van der Waals surface area contributed by atoms with Crippen LogP contribution >= 0.6 is 35.0 Å². The summed E-state index contributed by atoms with van der Waals surface area (Å²) in [7, 11) is 0. The van der Waals surface area contributed by atoms with Gasteiger partial charge in [0.1, 0.15) is 0 Å². The van der Waals surface area contributed by atoms with Crippen LogP contribution in [0.4, 0.5) is 0 Å². The van der Waals surface area contributed by atoms with Crippen LogP contribution in [0.3, 0.4) is 0 Å². The van der Waals surface area contributed by atoms with E-state index in [0.29, 0.717) is 26.2 Å². The van der Waals surface area contributed by atoms with E-state index in [1.54, 1.807) is 9.80 Å². The van der Waals surface area contributed by atoms with E-state index in [9.17, 15) is 9.59 Å². The Kier molecular flexibility index (Phi) is 6.70. The van der Waals surface area contributed by atoms with E-state index in [-0.39, 0.29) is 30.8 Å². The molecule has 2 rings (SSSR count). The highest BCUT2D eigenvalue weighted by Crippen LogP contribution is 2.15. The molecule has 1 aromatic carbocycles. The van der Waals surface area contributed by atoms with E-state index in [1.165, 1.54) is 0 Å². The fourth-order valence-electron chi connectivity index (χ4n) is 2.09. The molecular formula is C13H17ClIN3O2. The lowest BCUT2D eigenvalue weighted by molar-refractivity contribution is -0.131. The second kappa shape index (κ2) is 7.80. The van der Waals surface area contributed by atoms with Crippen LogP contribution in [-0.2, 0) is 4.79 Å². The molecule has 1 aliphatic rings. The van der Waals surface area contributed by atoms with Crippen LogP contribution in [-0.4, -0.2) is 54.3 Å². The van der Waals surface area contributed by atoms with E-state index in [4.69, 9.17) is 5.73 Å². The van der Waals surface area contributed by atoms with Gasteiger partial charge >= 0.3 is 0 Å². The fraction of sp³-hybridized carbons (Fsp3) is 0.385. The molecule has 0 saturated carbocycles. The molecule has 0 atom stereocenters. The predicted molar refractivity (Wildman–Crippen MR) is 87.9 cm³/mol. The van der Waals surface area contributed by atoms with Gasteiger partial charge in [-0.05, 0) is 34.7 Å². The van der Waals surface area contributed by atoms with E-state index in [1.807, 2.05) is 24.3 Å². The molecule has 2 amide bonds. The Morgan fingerprint density at radius 3 is 2.20 bits per heavy atom. The number of hydrogen-bond acceptors (Lipinski definition) is 3. The average molecular weight is 410 g/mol. The molecule has 1 heterocycles. The summed E-state index contributed by atoms with van der Waals surface area (Å²) in [6.07, 6.45) is 0. The molecule has 1 aromatic rings. The Morgan fingerprint density at radius 1 is 1.10 bits per heavy atom. The van der Waals surface area contributed by atoms with Gasteiger partial charge in [0, 0.05) is 29.7 Å². The van der Waals surface area contributed by atoms with Gasteiger partial charge in [0.25, 0.3) is 5.91 Å². The van der Waals surface area contributed by atoms with E-state index >= 15 is 0 Å². The number of carbonyl (C=O) groups is 2. The standard InChI is InChI=1S/C13H16IN3O2.ClH/c14-11-4-2-1-3-10(11)13(19)17-7-5-16(6-8-17)12(18)9-15;/h1-4H,5-9,15H2;1H. The topological polar surface area (TPSA) is 66.6 Å². The van der Waals surface area contributed by atoms with E-state index < -0.39 is 0 Å². The predicted octanol–water partition coefficient (Wildman–Crippen LogP) is 0.956. The first-order valence-corrected chi connectivity index (χ1v) is 7.23. The number of nitrogens with zero attached hydrogens (tertiary/aromatic N) is 2. The molecule has 7 heteroatoms. The molecule has 2 N–H and O–H groups in total. The molecule has 20 heavy (non-hydrogen) atoms. The monoisotopic (exact) mass is 409 g/mol. The van der Waals surface area contributed by atoms with E-state index in [2.05, 4.69) is 22.6 Å². The highest BCUT2D eigenvalue weighted by Gasteiger charge is 2.24. The first-order chi connectivity index (χ1) is 9.13. The summed E-state index contributed by atoms with van der Waals surface area (Å²) in [5, 5.41) is 0. The van der Waals surface area contributed by atoms with Crippen molar-refractivity contribution >= 4 is 46.8 Å². The van der Waals surface area contributed by atoms with Crippen LogP contribution in [0.15, 0.2) is 24.3 Å². The summed E-state index contributed by atoms with van der Waals surface area (Å²) >= 11 is 2.16. The molecule has 1 saturated heterocycles. The zero-order valence-electron chi connectivity index (χ0n) is 10.9. The Bertz CT molecular complexity index is 490. The first kappa shape index (κ1) is 17.2. The molecule has 5 nitrogen and oxygen atoms in total. The van der Waals surface area contributed by atoms with Crippen molar-refractivity contribution in [3.8, 4) is 0 Å². The summed E-state index contributed by atoms with van der Waals surface area (Å²) in [6, 6.07) is 7.53. The molecule has 110 valence electrons. The number of piperazine rings is 1. The van der Waals surface area contributed by atoms with Crippen LogP contribution in [0.1, 0.15) is 10.4 Å². The van der Waals surface area contributed by atoms with Crippen molar-refractivity contribution in [1.29, 1.82) is 0 Å². The van der Waals surface area contributed by atoms with Crippen LogP contribution in [0.5, 0.6) is 0 Å². The fourth-order valence-corrected chi connectivity index (χ4v) is 2.71. The minimum absolute atomic E-state index is 0. The number of carbonyl (C=O) groups excluding carboxylic acids is 2. The SMILES string of the molecule is Cl.NCC(=O)N1CCN(C(=O)c2ccccc2I)CC1. The Morgan fingerprint density at radius 2 is 1.65 bits per heavy atom. The third kappa shape index (κ3) is 3.83. The second-order valence-corrected chi connectivity index (χ2v) is 5.52. The molecule has 1 fully saturated rings. The van der Waals surface area contributed by atoms with Crippen LogP contribution in [0, 0.1) is 3.57 Å². The lowest BCUT2D eigenvalue weighted by atomic mass is 10.2. The number of amides is 2. The van der Waals surface area contributed by atoms with Crippen molar-refractivity contribution in [1.82, 2.24) is 9.80 Å². The maximum absolute atomic E-state index is 12.4. The van der Waals surface area contributed by atoms with Crippen molar-refractivity contribution in [3.63, 3.8) is 0 Å². The third-order valence-electron chi connectivity index (χ3n) is 3.20. The molecule has 0 aromatic heterocycles. The van der Waals surface area contributed by atoms with Crippen LogP contribution in [0.2, 0.25) is 0 Å². The molecule has 1 aliphatic heterocycles. The first-order valence-electron chi connectivity index (χ1n) is 6.15. The zero-order chi connectivity index (χ0) is 13.8. The van der Waals surface area contributed by atoms with Crippen LogP contribution < -0.4 is 5.73 Å². The highest BCUT2D eigenvalue weighted by molar-refractivity contribution is 14.1. The number of benzene rings is 1. The number of halogens is 2. The number of nitrogens with two attached hydrogens (primary N) is 1. The van der Waals surface area contributed by atoms with E-state index in [0.717, 1.165) is 9.13 Å². The van der Waals surface area contributed by atoms with Crippen molar-refractivity contribution < 1.29 is 9.59 Å². The summed E-state index contributed by atoms with van der Waals surface area (Å²) in [5.74, 6) is -0.0220. The van der Waals surface area contributed by atoms with Gasteiger partial charge in [-0.3, -0.25) is 9.59 Å². The lowest BCUT2D eigenvalue weighted by Crippen LogP contribution is -2.52. The van der Waals surface area contributed by atoms with Crippen molar-refractivity contribution in [2.45, 2.75) is 0 Å². The van der Waals surface area contributed by atoms with Gasteiger partial charge in [-0.2, -0.15) is 0 Å². The van der Waals surface area contributed by atoms with Crippen molar-refractivity contribution in [2.24, 2.45) is 5.73 Å². The molecular weight excluding hydrogens is 393 g/mol. The second-order valence-electron chi connectivity index (χ2n) is 4.36.